The average molecular weight is 262 g/mol. The van der Waals surface area contributed by atoms with Crippen molar-refractivity contribution in [1.82, 2.24) is 10.2 Å². The van der Waals surface area contributed by atoms with Crippen LogP contribution in [-0.4, -0.2) is 46.7 Å². The predicted octanol–water partition coefficient (Wildman–Crippen LogP) is 0.778. The molecule has 1 aromatic rings. The molecule has 0 aromatic heterocycles. The first-order valence-corrected chi connectivity index (χ1v) is 6.61. The van der Waals surface area contributed by atoms with Gasteiger partial charge >= 0.3 is 0 Å². The Morgan fingerprint density at radius 1 is 1.37 bits per heavy atom. The lowest BCUT2D eigenvalue weighted by atomic mass is 9.95. The standard InChI is InChI=1S/C14H18N2O3/c1-8-12-6-15-5-9(12)7-16(8)14(19)11-4-10(17)2-3-13(11)18/h2-4,8-9,12,15,17-18H,5-7H2,1H3. The van der Waals surface area contributed by atoms with Crippen LogP contribution >= 0.6 is 0 Å². The molecule has 0 spiro atoms. The summed E-state index contributed by atoms with van der Waals surface area (Å²) in [6.07, 6.45) is 0. The molecule has 1 amide bonds. The Balaban J connectivity index is 1.86. The van der Waals surface area contributed by atoms with Crippen molar-refractivity contribution in [1.29, 1.82) is 0 Å². The fourth-order valence-electron chi connectivity index (χ4n) is 3.29. The van der Waals surface area contributed by atoms with E-state index in [2.05, 4.69) is 12.2 Å². The van der Waals surface area contributed by atoms with Crippen molar-refractivity contribution in [3.8, 4) is 11.5 Å². The van der Waals surface area contributed by atoms with Gasteiger partial charge in [0.2, 0.25) is 0 Å². The summed E-state index contributed by atoms with van der Waals surface area (Å²) < 4.78 is 0. The van der Waals surface area contributed by atoms with Crippen LogP contribution in [0.2, 0.25) is 0 Å². The lowest BCUT2D eigenvalue weighted by Gasteiger charge is -2.25. The number of hydrogen-bond donors (Lipinski definition) is 3. The van der Waals surface area contributed by atoms with Gasteiger partial charge < -0.3 is 20.4 Å². The lowest BCUT2D eigenvalue weighted by molar-refractivity contribution is 0.0725. The second kappa shape index (κ2) is 4.42. The molecule has 3 N–H and O–H groups in total. The van der Waals surface area contributed by atoms with Gasteiger partial charge in [-0.15, -0.1) is 0 Å². The van der Waals surface area contributed by atoms with E-state index in [1.54, 1.807) is 0 Å². The highest BCUT2D eigenvalue weighted by Crippen LogP contribution is 2.34. The van der Waals surface area contributed by atoms with Gasteiger partial charge in [0.1, 0.15) is 11.5 Å². The Hall–Kier alpha value is -1.75. The zero-order chi connectivity index (χ0) is 13.6. The molecule has 3 unspecified atom stereocenters. The second-order valence-corrected chi connectivity index (χ2v) is 5.48. The van der Waals surface area contributed by atoms with E-state index in [0.29, 0.717) is 18.4 Å². The molecule has 0 saturated carbocycles. The molecule has 2 fully saturated rings. The first-order chi connectivity index (χ1) is 9.08. The molecule has 2 aliphatic rings. The summed E-state index contributed by atoms with van der Waals surface area (Å²) in [5.74, 6) is 0.706. The highest BCUT2D eigenvalue weighted by molar-refractivity contribution is 5.97. The number of carbonyl (C=O) groups is 1. The number of benzene rings is 1. The predicted molar refractivity (Wildman–Crippen MR) is 70.1 cm³/mol. The number of fused-ring (bicyclic) bond motifs is 1. The third-order valence-electron chi connectivity index (χ3n) is 4.41. The van der Waals surface area contributed by atoms with Gasteiger partial charge in [0, 0.05) is 25.7 Å². The fraction of sp³-hybridized carbons (Fsp3) is 0.500. The third-order valence-corrected chi connectivity index (χ3v) is 4.41. The Bertz CT molecular complexity index is 517. The number of hydrogen-bond acceptors (Lipinski definition) is 4. The van der Waals surface area contributed by atoms with Crippen molar-refractivity contribution in [2.75, 3.05) is 19.6 Å². The maximum absolute atomic E-state index is 12.5. The van der Waals surface area contributed by atoms with Gasteiger partial charge in [-0.25, -0.2) is 0 Å². The molecular formula is C14H18N2O3. The van der Waals surface area contributed by atoms with Gasteiger partial charge in [-0.2, -0.15) is 0 Å². The number of nitrogens with one attached hydrogen (secondary N) is 1. The number of likely N-dealkylation sites (tertiary alicyclic amines) is 1. The lowest BCUT2D eigenvalue weighted by Crippen LogP contribution is -2.38. The molecule has 2 aliphatic heterocycles. The summed E-state index contributed by atoms with van der Waals surface area (Å²) in [6.45, 7) is 4.66. The highest BCUT2D eigenvalue weighted by atomic mass is 16.3. The van der Waals surface area contributed by atoms with E-state index >= 15 is 0 Å². The van der Waals surface area contributed by atoms with Crippen LogP contribution in [0, 0.1) is 11.8 Å². The van der Waals surface area contributed by atoms with Crippen LogP contribution in [0.3, 0.4) is 0 Å². The number of phenols is 2. The minimum absolute atomic E-state index is 0.00476. The summed E-state index contributed by atoms with van der Waals surface area (Å²) in [7, 11) is 0. The largest absolute Gasteiger partial charge is 0.508 e. The van der Waals surface area contributed by atoms with E-state index in [1.165, 1.54) is 18.2 Å². The fourth-order valence-corrected chi connectivity index (χ4v) is 3.29. The Morgan fingerprint density at radius 3 is 2.89 bits per heavy atom. The maximum Gasteiger partial charge on any atom is 0.258 e. The Labute approximate surface area is 111 Å². The molecular weight excluding hydrogens is 244 g/mol. The molecule has 5 nitrogen and oxygen atoms in total. The molecule has 102 valence electrons. The van der Waals surface area contributed by atoms with Gasteiger partial charge in [-0.05, 0) is 37.0 Å². The van der Waals surface area contributed by atoms with Gasteiger partial charge in [-0.3, -0.25) is 4.79 Å². The molecule has 3 atom stereocenters. The van der Waals surface area contributed by atoms with Crippen LogP contribution in [-0.2, 0) is 0 Å². The average Bonchev–Trinajstić information content (AvgIpc) is 2.95. The Morgan fingerprint density at radius 2 is 2.16 bits per heavy atom. The third kappa shape index (κ3) is 1.94. The van der Waals surface area contributed by atoms with Gasteiger partial charge in [0.25, 0.3) is 5.91 Å². The smallest absolute Gasteiger partial charge is 0.258 e. The molecule has 3 rings (SSSR count). The topological polar surface area (TPSA) is 72.8 Å². The number of amides is 1. The number of rotatable bonds is 1. The molecule has 1 aromatic carbocycles. The van der Waals surface area contributed by atoms with Crippen LogP contribution in [0.5, 0.6) is 11.5 Å². The SMILES string of the molecule is CC1C2CNCC2CN1C(=O)c1cc(O)ccc1O. The van der Waals surface area contributed by atoms with Crippen molar-refractivity contribution in [3.05, 3.63) is 23.8 Å². The minimum atomic E-state index is -0.199. The van der Waals surface area contributed by atoms with E-state index in [0.717, 1.165) is 13.1 Å². The van der Waals surface area contributed by atoms with Crippen LogP contribution in [0.4, 0.5) is 0 Å². The summed E-state index contributed by atoms with van der Waals surface area (Å²) in [6, 6.07) is 4.22. The molecule has 5 heteroatoms. The van der Waals surface area contributed by atoms with Crippen LogP contribution in [0.1, 0.15) is 17.3 Å². The van der Waals surface area contributed by atoms with E-state index < -0.39 is 0 Å². The number of carbonyl (C=O) groups excluding carboxylic acids is 1. The first kappa shape index (κ1) is 12.3. The molecule has 19 heavy (non-hydrogen) atoms. The van der Waals surface area contributed by atoms with E-state index in [-0.39, 0.29) is 29.0 Å². The normalized spacial score (nSPS) is 29.5. The first-order valence-electron chi connectivity index (χ1n) is 6.61. The van der Waals surface area contributed by atoms with Gasteiger partial charge in [0.05, 0.1) is 5.56 Å². The molecule has 2 saturated heterocycles. The highest BCUT2D eigenvalue weighted by Gasteiger charge is 2.44. The van der Waals surface area contributed by atoms with Crippen LogP contribution < -0.4 is 5.32 Å². The minimum Gasteiger partial charge on any atom is -0.508 e. The van der Waals surface area contributed by atoms with Crippen LogP contribution in [0.15, 0.2) is 18.2 Å². The summed E-state index contributed by atoms with van der Waals surface area (Å²) in [4.78, 5) is 14.3. The van der Waals surface area contributed by atoms with E-state index in [4.69, 9.17) is 0 Å². The van der Waals surface area contributed by atoms with Crippen molar-refractivity contribution < 1.29 is 15.0 Å². The van der Waals surface area contributed by atoms with Crippen molar-refractivity contribution >= 4 is 5.91 Å². The number of aromatic hydroxyl groups is 2. The molecule has 0 bridgehead atoms. The van der Waals surface area contributed by atoms with Crippen LogP contribution in [0.25, 0.3) is 0 Å². The number of phenolic OH excluding ortho intramolecular Hbond substituents is 2. The van der Waals surface area contributed by atoms with E-state index in [1.807, 2.05) is 4.90 Å². The zero-order valence-corrected chi connectivity index (χ0v) is 10.8. The van der Waals surface area contributed by atoms with Gasteiger partial charge in [-0.1, -0.05) is 0 Å². The molecule has 0 radical (unpaired) electrons. The summed E-state index contributed by atoms with van der Waals surface area (Å²) >= 11 is 0. The zero-order valence-electron chi connectivity index (χ0n) is 10.8. The van der Waals surface area contributed by atoms with Gasteiger partial charge in [0.15, 0.2) is 0 Å². The van der Waals surface area contributed by atoms with E-state index in [9.17, 15) is 15.0 Å². The summed E-state index contributed by atoms with van der Waals surface area (Å²) in [5, 5.41) is 22.6. The molecule has 0 aliphatic carbocycles. The second-order valence-electron chi connectivity index (χ2n) is 5.48. The van der Waals surface area contributed by atoms with Crippen molar-refractivity contribution in [2.45, 2.75) is 13.0 Å². The van der Waals surface area contributed by atoms with Crippen molar-refractivity contribution in [2.24, 2.45) is 11.8 Å². The number of nitrogens with zero attached hydrogens (tertiary/aromatic N) is 1. The Kier molecular flexibility index (Phi) is 2.86. The maximum atomic E-state index is 12.5. The van der Waals surface area contributed by atoms with Crippen molar-refractivity contribution in [3.63, 3.8) is 0 Å². The quantitative estimate of drug-likeness (QED) is 0.654. The molecule has 2 heterocycles. The summed E-state index contributed by atoms with van der Waals surface area (Å²) in [5.41, 5.74) is 0.180. The monoisotopic (exact) mass is 262 g/mol.